The smallest absolute Gasteiger partial charge is 0.316 e. The summed E-state index contributed by atoms with van der Waals surface area (Å²) in [6.07, 6.45) is 1.53. The highest BCUT2D eigenvalue weighted by molar-refractivity contribution is 5.73. The summed E-state index contributed by atoms with van der Waals surface area (Å²) in [5.74, 6) is -0.483. The van der Waals surface area contributed by atoms with E-state index in [1.807, 2.05) is 0 Å². The van der Waals surface area contributed by atoms with E-state index in [1.165, 1.54) is 16.8 Å². The van der Waals surface area contributed by atoms with E-state index in [2.05, 4.69) is 9.97 Å². The van der Waals surface area contributed by atoms with Crippen LogP contribution in [-0.2, 0) is 7.05 Å². The molecule has 12 heavy (non-hydrogen) atoms. The van der Waals surface area contributed by atoms with Crippen LogP contribution in [0.3, 0.4) is 0 Å². The highest BCUT2D eigenvalue weighted by atomic mass is 19.1. The fraction of sp³-hybridized carbons (Fsp3) is 0.143. The molecule has 2 aromatic rings. The first-order valence-electron chi connectivity index (χ1n) is 3.39. The lowest BCUT2D eigenvalue weighted by molar-refractivity contribution is 0.594. The van der Waals surface area contributed by atoms with Crippen molar-refractivity contribution in [2.75, 3.05) is 0 Å². The number of fused-ring (bicyclic) bond motifs is 1. The molecule has 2 rings (SSSR count). The van der Waals surface area contributed by atoms with Crippen LogP contribution in [0.2, 0.25) is 0 Å². The summed E-state index contributed by atoms with van der Waals surface area (Å²) >= 11 is 0. The molecule has 0 atom stereocenters. The summed E-state index contributed by atoms with van der Waals surface area (Å²) in [5.41, 5.74) is -0.111. The zero-order valence-electron chi connectivity index (χ0n) is 6.34. The third-order valence-electron chi connectivity index (χ3n) is 1.64. The van der Waals surface area contributed by atoms with Crippen molar-refractivity contribution in [3.05, 3.63) is 28.7 Å². The van der Waals surface area contributed by atoms with Crippen LogP contribution >= 0.6 is 0 Å². The van der Waals surface area contributed by atoms with Gasteiger partial charge in [0.15, 0.2) is 5.95 Å². The van der Waals surface area contributed by atoms with Crippen molar-refractivity contribution in [3.63, 3.8) is 0 Å². The lowest BCUT2D eigenvalue weighted by Gasteiger charge is -1.93. The topological polar surface area (TPSA) is 50.7 Å². The van der Waals surface area contributed by atoms with Gasteiger partial charge in [-0.2, -0.15) is 9.37 Å². The molecule has 0 saturated heterocycles. The molecule has 0 aliphatic carbocycles. The van der Waals surface area contributed by atoms with Crippen LogP contribution in [0, 0.1) is 5.95 Å². The number of aromatic amines is 1. The Hall–Kier alpha value is -1.65. The summed E-state index contributed by atoms with van der Waals surface area (Å²) in [5, 5.41) is 0.592. The summed E-state index contributed by atoms with van der Waals surface area (Å²) in [7, 11) is 1.57. The van der Waals surface area contributed by atoms with Crippen molar-refractivity contribution in [3.8, 4) is 0 Å². The van der Waals surface area contributed by atoms with Gasteiger partial charge in [-0.3, -0.25) is 0 Å². The molecule has 2 aromatic heterocycles. The van der Waals surface area contributed by atoms with Gasteiger partial charge in [-0.1, -0.05) is 0 Å². The Bertz CT molecular complexity index is 485. The van der Waals surface area contributed by atoms with Gasteiger partial charge in [0, 0.05) is 24.7 Å². The van der Waals surface area contributed by atoms with Crippen LogP contribution in [-0.4, -0.2) is 14.5 Å². The summed E-state index contributed by atoms with van der Waals surface area (Å²) < 4.78 is 13.9. The average Bonchev–Trinajstić information content (AvgIpc) is 2.30. The molecule has 5 heteroatoms. The molecule has 0 aliphatic heterocycles. The van der Waals surface area contributed by atoms with Gasteiger partial charge in [0.25, 0.3) is 0 Å². The van der Waals surface area contributed by atoms with E-state index in [-0.39, 0.29) is 5.65 Å². The second kappa shape index (κ2) is 2.17. The van der Waals surface area contributed by atoms with E-state index in [0.717, 1.165) is 0 Å². The van der Waals surface area contributed by atoms with Crippen molar-refractivity contribution < 1.29 is 4.39 Å². The van der Waals surface area contributed by atoms with Gasteiger partial charge in [0.2, 0.25) is 0 Å². The molecular weight excluding hydrogens is 161 g/mol. The fourth-order valence-electron chi connectivity index (χ4n) is 1.06. The standard InChI is InChI=1S/C7H6FN3O/c1-11-3-4-2-5(8)9-6(4)10-7(11)12/h2-3H,1H3,(H,9,10,12). The first-order chi connectivity index (χ1) is 5.66. The quantitative estimate of drug-likeness (QED) is 0.617. The zero-order chi connectivity index (χ0) is 8.72. The molecule has 4 nitrogen and oxygen atoms in total. The lowest BCUT2D eigenvalue weighted by atomic mass is 10.4. The average molecular weight is 167 g/mol. The van der Waals surface area contributed by atoms with Gasteiger partial charge in [-0.05, 0) is 0 Å². The number of rotatable bonds is 0. The van der Waals surface area contributed by atoms with E-state index in [4.69, 9.17) is 0 Å². The third kappa shape index (κ3) is 0.903. The second-order valence-corrected chi connectivity index (χ2v) is 2.56. The normalized spacial score (nSPS) is 10.8. The zero-order valence-corrected chi connectivity index (χ0v) is 6.34. The summed E-state index contributed by atoms with van der Waals surface area (Å²) in [4.78, 5) is 16.9. The second-order valence-electron chi connectivity index (χ2n) is 2.56. The molecular formula is C7H6FN3O. The van der Waals surface area contributed by atoms with E-state index in [9.17, 15) is 9.18 Å². The van der Waals surface area contributed by atoms with Crippen LogP contribution in [0.15, 0.2) is 17.1 Å². The van der Waals surface area contributed by atoms with Crippen LogP contribution in [0.1, 0.15) is 0 Å². The number of nitrogens with zero attached hydrogens (tertiary/aromatic N) is 2. The maximum absolute atomic E-state index is 12.6. The third-order valence-corrected chi connectivity index (χ3v) is 1.64. The Kier molecular flexibility index (Phi) is 1.27. The minimum Gasteiger partial charge on any atom is -0.316 e. The van der Waals surface area contributed by atoms with Crippen molar-refractivity contribution in [1.82, 2.24) is 14.5 Å². The maximum atomic E-state index is 12.6. The maximum Gasteiger partial charge on any atom is 0.349 e. The minimum absolute atomic E-state index is 0.288. The molecule has 0 unspecified atom stereocenters. The highest BCUT2D eigenvalue weighted by Crippen LogP contribution is 2.08. The van der Waals surface area contributed by atoms with Crippen LogP contribution < -0.4 is 5.69 Å². The number of nitrogens with one attached hydrogen (secondary N) is 1. The van der Waals surface area contributed by atoms with Crippen LogP contribution in [0.5, 0.6) is 0 Å². The molecule has 0 amide bonds. The number of H-pyrrole nitrogens is 1. The van der Waals surface area contributed by atoms with Crippen LogP contribution in [0.4, 0.5) is 4.39 Å². The van der Waals surface area contributed by atoms with E-state index >= 15 is 0 Å². The summed E-state index contributed by atoms with van der Waals surface area (Å²) in [6, 6.07) is 1.29. The van der Waals surface area contributed by atoms with Gasteiger partial charge in [0.1, 0.15) is 5.65 Å². The Morgan fingerprint density at radius 1 is 1.67 bits per heavy atom. The van der Waals surface area contributed by atoms with Gasteiger partial charge in [-0.25, -0.2) is 4.79 Å². The van der Waals surface area contributed by atoms with Gasteiger partial charge < -0.3 is 9.55 Å². The SMILES string of the molecule is Cn1cc2cc(F)[nH]c2nc1=O. The van der Waals surface area contributed by atoms with E-state index < -0.39 is 11.6 Å². The van der Waals surface area contributed by atoms with Gasteiger partial charge in [0.05, 0.1) is 0 Å². The molecule has 0 aromatic carbocycles. The molecule has 62 valence electrons. The first-order valence-corrected chi connectivity index (χ1v) is 3.39. The van der Waals surface area contributed by atoms with Crippen LogP contribution in [0.25, 0.3) is 11.0 Å². The monoisotopic (exact) mass is 167 g/mol. The predicted molar refractivity (Wildman–Crippen MR) is 41.3 cm³/mol. The number of aromatic nitrogens is 3. The van der Waals surface area contributed by atoms with E-state index in [1.54, 1.807) is 7.05 Å². The number of hydrogen-bond acceptors (Lipinski definition) is 2. The predicted octanol–water partition coefficient (Wildman–Crippen LogP) is 0.401. The Morgan fingerprint density at radius 2 is 2.42 bits per heavy atom. The molecule has 2 heterocycles. The first kappa shape index (κ1) is 7.02. The Balaban J connectivity index is 2.92. The highest BCUT2D eigenvalue weighted by Gasteiger charge is 2.02. The fourth-order valence-corrected chi connectivity index (χ4v) is 1.06. The summed E-state index contributed by atoms with van der Waals surface area (Å²) in [6.45, 7) is 0. The Labute approximate surface area is 66.7 Å². The molecule has 0 radical (unpaired) electrons. The molecule has 0 spiro atoms. The Morgan fingerprint density at radius 3 is 3.17 bits per heavy atom. The van der Waals surface area contributed by atoms with E-state index in [0.29, 0.717) is 5.39 Å². The number of aryl methyl sites for hydroxylation is 1. The molecule has 1 N–H and O–H groups in total. The molecule has 0 bridgehead atoms. The van der Waals surface area contributed by atoms with Gasteiger partial charge in [-0.15, -0.1) is 0 Å². The van der Waals surface area contributed by atoms with Crippen molar-refractivity contribution in [2.24, 2.45) is 7.05 Å². The molecule has 0 saturated carbocycles. The van der Waals surface area contributed by atoms with Crippen molar-refractivity contribution >= 4 is 11.0 Å². The molecule has 0 aliphatic rings. The number of hydrogen-bond donors (Lipinski definition) is 1. The molecule has 0 fully saturated rings. The largest absolute Gasteiger partial charge is 0.349 e. The van der Waals surface area contributed by atoms with Crippen molar-refractivity contribution in [1.29, 1.82) is 0 Å². The minimum atomic E-state index is -0.483. The lowest BCUT2D eigenvalue weighted by Crippen LogP contribution is -2.18. The van der Waals surface area contributed by atoms with Gasteiger partial charge >= 0.3 is 5.69 Å². The van der Waals surface area contributed by atoms with Crippen molar-refractivity contribution in [2.45, 2.75) is 0 Å². The number of halogens is 1.